The predicted molar refractivity (Wildman–Crippen MR) is 128 cm³/mol. The van der Waals surface area contributed by atoms with E-state index in [4.69, 9.17) is 4.74 Å². The summed E-state index contributed by atoms with van der Waals surface area (Å²) in [5, 5.41) is 0. The molecule has 0 saturated carbocycles. The lowest BCUT2D eigenvalue weighted by Gasteiger charge is -2.51. The van der Waals surface area contributed by atoms with Gasteiger partial charge >= 0.3 is 0 Å². The Kier molecular flexibility index (Phi) is 5.45. The number of benzene rings is 3. The summed E-state index contributed by atoms with van der Waals surface area (Å²) in [5.41, 5.74) is 3.89. The molecule has 3 nitrogen and oxygen atoms in total. The van der Waals surface area contributed by atoms with Gasteiger partial charge in [0.2, 0.25) is 0 Å². The first-order valence-corrected chi connectivity index (χ1v) is 10.7. The highest BCUT2D eigenvalue weighted by atomic mass is 16.5. The summed E-state index contributed by atoms with van der Waals surface area (Å²) < 4.78 is 5.21. The second-order valence-electron chi connectivity index (χ2n) is 8.98. The minimum Gasteiger partial charge on any atom is -0.497 e. The Bertz CT molecular complexity index is 1100. The fourth-order valence-electron chi connectivity index (χ4n) is 4.94. The molecule has 1 aliphatic rings. The molecule has 0 radical (unpaired) electrons. The van der Waals surface area contributed by atoms with E-state index in [0.717, 1.165) is 23.4 Å². The Morgan fingerprint density at radius 1 is 0.903 bits per heavy atom. The molecule has 0 aromatic heterocycles. The average Bonchev–Trinajstić information content (AvgIpc) is 2.78. The molecule has 4 rings (SSSR count). The monoisotopic (exact) mass is 411 g/mol. The standard InChI is InChI=1S/C28H29NO2/c1-27(2)20-28(3,22-10-6-5-7-11-22)24-12-8-9-13-25(24)29(27)26(30)19-16-21-14-17-23(31-4)18-15-21/h5-19H,20H2,1-4H3/t28-/m0/s1. The minimum absolute atomic E-state index is 0.0108. The van der Waals surface area contributed by atoms with Gasteiger partial charge < -0.3 is 9.64 Å². The molecular weight excluding hydrogens is 382 g/mol. The van der Waals surface area contributed by atoms with Crippen molar-refractivity contribution < 1.29 is 9.53 Å². The number of amides is 1. The van der Waals surface area contributed by atoms with Gasteiger partial charge in [0.05, 0.1) is 7.11 Å². The summed E-state index contributed by atoms with van der Waals surface area (Å²) in [6.07, 6.45) is 4.38. The molecule has 0 bridgehead atoms. The van der Waals surface area contributed by atoms with Gasteiger partial charge in [-0.05, 0) is 61.2 Å². The third-order valence-electron chi connectivity index (χ3n) is 6.30. The molecule has 1 heterocycles. The number of ether oxygens (including phenoxy) is 1. The number of methoxy groups -OCH3 is 1. The molecule has 31 heavy (non-hydrogen) atoms. The van der Waals surface area contributed by atoms with E-state index >= 15 is 0 Å². The van der Waals surface area contributed by atoms with E-state index in [1.807, 2.05) is 47.4 Å². The number of hydrogen-bond donors (Lipinski definition) is 0. The van der Waals surface area contributed by atoms with E-state index in [1.54, 1.807) is 13.2 Å². The Labute approximate surface area is 185 Å². The summed E-state index contributed by atoms with van der Waals surface area (Å²) in [4.78, 5) is 15.4. The van der Waals surface area contributed by atoms with Crippen LogP contribution in [0.1, 0.15) is 43.9 Å². The molecule has 1 aliphatic heterocycles. The van der Waals surface area contributed by atoms with Crippen LogP contribution in [0.4, 0.5) is 5.69 Å². The number of para-hydroxylation sites is 1. The molecule has 1 amide bonds. The summed E-state index contributed by atoms with van der Waals surface area (Å²) in [5.74, 6) is 0.790. The van der Waals surface area contributed by atoms with Crippen LogP contribution in [-0.2, 0) is 10.2 Å². The molecule has 0 spiro atoms. The average molecular weight is 412 g/mol. The second kappa shape index (κ2) is 8.07. The van der Waals surface area contributed by atoms with Crippen LogP contribution in [0.3, 0.4) is 0 Å². The summed E-state index contributed by atoms with van der Waals surface area (Å²) in [7, 11) is 1.65. The van der Waals surface area contributed by atoms with E-state index in [1.165, 1.54) is 11.1 Å². The zero-order valence-electron chi connectivity index (χ0n) is 18.6. The van der Waals surface area contributed by atoms with Gasteiger partial charge in [0.1, 0.15) is 5.75 Å². The largest absolute Gasteiger partial charge is 0.497 e. The van der Waals surface area contributed by atoms with Crippen LogP contribution in [0.15, 0.2) is 84.9 Å². The third-order valence-corrected chi connectivity index (χ3v) is 6.30. The fourth-order valence-corrected chi connectivity index (χ4v) is 4.94. The Morgan fingerprint density at radius 3 is 2.23 bits per heavy atom. The molecule has 3 aromatic rings. The lowest BCUT2D eigenvalue weighted by atomic mass is 9.65. The van der Waals surface area contributed by atoms with Crippen molar-refractivity contribution in [1.29, 1.82) is 0 Å². The van der Waals surface area contributed by atoms with Gasteiger partial charge in [0.25, 0.3) is 5.91 Å². The van der Waals surface area contributed by atoms with Gasteiger partial charge in [0.15, 0.2) is 0 Å². The number of rotatable bonds is 4. The lowest BCUT2D eigenvalue weighted by molar-refractivity contribution is -0.115. The maximum absolute atomic E-state index is 13.4. The summed E-state index contributed by atoms with van der Waals surface area (Å²) >= 11 is 0. The molecule has 0 N–H and O–H groups in total. The number of carbonyl (C=O) groups is 1. The first kappa shape index (κ1) is 20.9. The quantitative estimate of drug-likeness (QED) is 0.476. The van der Waals surface area contributed by atoms with Crippen molar-refractivity contribution in [2.45, 2.75) is 38.1 Å². The maximum Gasteiger partial charge on any atom is 0.251 e. The Morgan fingerprint density at radius 2 is 1.55 bits per heavy atom. The van der Waals surface area contributed by atoms with E-state index in [-0.39, 0.29) is 16.9 Å². The minimum atomic E-state index is -0.347. The number of fused-ring (bicyclic) bond motifs is 1. The summed E-state index contributed by atoms with van der Waals surface area (Å²) in [6, 6.07) is 26.6. The highest BCUT2D eigenvalue weighted by Crippen LogP contribution is 2.50. The van der Waals surface area contributed by atoms with E-state index in [9.17, 15) is 4.79 Å². The zero-order chi connectivity index (χ0) is 22.1. The smallest absolute Gasteiger partial charge is 0.251 e. The topological polar surface area (TPSA) is 29.5 Å². The molecular formula is C28H29NO2. The van der Waals surface area contributed by atoms with Crippen molar-refractivity contribution in [3.8, 4) is 5.75 Å². The molecule has 0 saturated heterocycles. The van der Waals surface area contributed by atoms with Crippen molar-refractivity contribution in [3.05, 3.63) is 102 Å². The Balaban J connectivity index is 1.72. The van der Waals surface area contributed by atoms with Crippen LogP contribution in [0.25, 0.3) is 6.08 Å². The van der Waals surface area contributed by atoms with Gasteiger partial charge in [-0.1, -0.05) is 67.6 Å². The van der Waals surface area contributed by atoms with Gasteiger partial charge in [-0.25, -0.2) is 0 Å². The SMILES string of the molecule is COc1ccc(C=CC(=O)N2c3ccccc3[C@](C)(c3ccccc3)CC2(C)C)cc1. The van der Waals surface area contributed by atoms with Crippen LogP contribution >= 0.6 is 0 Å². The Hall–Kier alpha value is -3.33. The molecule has 158 valence electrons. The van der Waals surface area contributed by atoms with Crippen LogP contribution in [0, 0.1) is 0 Å². The van der Waals surface area contributed by atoms with Crippen LogP contribution in [0.5, 0.6) is 5.75 Å². The molecule has 3 heteroatoms. The first-order chi connectivity index (χ1) is 14.8. The zero-order valence-corrected chi connectivity index (χ0v) is 18.6. The second-order valence-corrected chi connectivity index (χ2v) is 8.98. The molecule has 3 aromatic carbocycles. The van der Waals surface area contributed by atoms with E-state index in [2.05, 4.69) is 63.2 Å². The van der Waals surface area contributed by atoms with Crippen molar-refractivity contribution in [2.24, 2.45) is 0 Å². The molecule has 1 atom stereocenters. The highest BCUT2D eigenvalue weighted by Gasteiger charge is 2.47. The fraction of sp³-hybridized carbons (Fsp3) is 0.250. The molecule has 0 fully saturated rings. The van der Waals surface area contributed by atoms with Crippen LogP contribution in [0.2, 0.25) is 0 Å². The van der Waals surface area contributed by atoms with Gasteiger partial charge in [-0.15, -0.1) is 0 Å². The van der Waals surface area contributed by atoms with Crippen molar-refractivity contribution in [1.82, 2.24) is 0 Å². The van der Waals surface area contributed by atoms with E-state index in [0.29, 0.717) is 0 Å². The highest BCUT2D eigenvalue weighted by molar-refractivity contribution is 6.06. The molecule has 0 aliphatic carbocycles. The number of carbonyl (C=O) groups excluding carboxylic acids is 1. The number of hydrogen-bond acceptors (Lipinski definition) is 2. The molecule has 0 unspecified atom stereocenters. The van der Waals surface area contributed by atoms with Crippen LogP contribution in [-0.4, -0.2) is 18.6 Å². The van der Waals surface area contributed by atoms with Gasteiger partial charge in [-0.2, -0.15) is 0 Å². The summed E-state index contributed by atoms with van der Waals surface area (Å²) in [6.45, 7) is 6.60. The first-order valence-electron chi connectivity index (χ1n) is 10.7. The van der Waals surface area contributed by atoms with Crippen molar-refractivity contribution in [2.75, 3.05) is 12.0 Å². The van der Waals surface area contributed by atoms with Gasteiger partial charge in [-0.3, -0.25) is 4.79 Å². The van der Waals surface area contributed by atoms with Crippen molar-refractivity contribution >= 4 is 17.7 Å². The van der Waals surface area contributed by atoms with Crippen molar-refractivity contribution in [3.63, 3.8) is 0 Å². The predicted octanol–water partition coefficient (Wildman–Crippen LogP) is 6.23. The lowest BCUT2D eigenvalue weighted by Crippen LogP contribution is -2.55. The normalized spacial score (nSPS) is 19.8. The third kappa shape index (κ3) is 3.88. The van der Waals surface area contributed by atoms with Crippen LogP contribution < -0.4 is 9.64 Å². The number of anilines is 1. The van der Waals surface area contributed by atoms with E-state index < -0.39 is 0 Å². The van der Waals surface area contributed by atoms with Gasteiger partial charge in [0, 0.05) is 22.7 Å². The number of nitrogens with zero attached hydrogens (tertiary/aromatic N) is 1. The maximum atomic E-state index is 13.4.